The maximum atomic E-state index is 10.8. The fourth-order valence-electron chi connectivity index (χ4n) is 1.45. The molecule has 1 amide bonds. The second kappa shape index (κ2) is 6.70. The number of primary amides is 1. The number of nitrogens with two attached hydrogens (primary N) is 1. The standard InChI is InChI=1S/C10H16N4O4/c1-2-3-9-12-8(13-18-9)5-14(4-7(11)15)6-10(16)17/h2-6H2,1H3,(H2,11,15)(H,16,17). The molecule has 0 radical (unpaired) electrons. The van der Waals surface area contributed by atoms with E-state index in [2.05, 4.69) is 10.1 Å². The van der Waals surface area contributed by atoms with Gasteiger partial charge in [0.1, 0.15) is 0 Å². The normalized spacial score (nSPS) is 10.8. The number of hydrogen-bond donors (Lipinski definition) is 2. The largest absolute Gasteiger partial charge is 0.480 e. The molecule has 0 aliphatic rings. The highest BCUT2D eigenvalue weighted by molar-refractivity contribution is 5.77. The van der Waals surface area contributed by atoms with E-state index in [-0.39, 0.29) is 19.6 Å². The van der Waals surface area contributed by atoms with E-state index in [9.17, 15) is 9.59 Å². The summed E-state index contributed by atoms with van der Waals surface area (Å²) in [5.74, 6) is -0.801. The highest BCUT2D eigenvalue weighted by Crippen LogP contribution is 2.03. The van der Waals surface area contributed by atoms with Crippen LogP contribution in [0.4, 0.5) is 0 Å². The van der Waals surface area contributed by atoms with Gasteiger partial charge in [-0.15, -0.1) is 0 Å². The van der Waals surface area contributed by atoms with E-state index in [1.54, 1.807) is 0 Å². The van der Waals surface area contributed by atoms with Crippen LogP contribution >= 0.6 is 0 Å². The van der Waals surface area contributed by atoms with Crippen molar-refractivity contribution < 1.29 is 19.2 Å². The van der Waals surface area contributed by atoms with Gasteiger partial charge in [0.25, 0.3) is 0 Å². The summed E-state index contributed by atoms with van der Waals surface area (Å²) in [6.07, 6.45) is 1.55. The number of carboxylic acid groups (broad SMARTS) is 1. The third-order valence-electron chi connectivity index (χ3n) is 2.08. The van der Waals surface area contributed by atoms with Crippen molar-refractivity contribution in [2.24, 2.45) is 5.73 Å². The molecule has 1 aromatic heterocycles. The first-order valence-corrected chi connectivity index (χ1v) is 5.55. The number of carbonyl (C=O) groups is 2. The van der Waals surface area contributed by atoms with Crippen molar-refractivity contribution in [2.75, 3.05) is 13.1 Å². The predicted molar refractivity (Wildman–Crippen MR) is 60.4 cm³/mol. The average molecular weight is 256 g/mol. The summed E-state index contributed by atoms with van der Waals surface area (Å²) >= 11 is 0. The molecular formula is C10H16N4O4. The molecule has 0 fully saturated rings. The van der Waals surface area contributed by atoms with Crippen molar-refractivity contribution in [2.45, 2.75) is 26.3 Å². The van der Waals surface area contributed by atoms with Gasteiger partial charge in [-0.1, -0.05) is 12.1 Å². The van der Waals surface area contributed by atoms with E-state index < -0.39 is 11.9 Å². The van der Waals surface area contributed by atoms with Gasteiger partial charge in [0.05, 0.1) is 19.6 Å². The second-order valence-electron chi connectivity index (χ2n) is 3.86. The van der Waals surface area contributed by atoms with Gasteiger partial charge in [-0.2, -0.15) is 4.98 Å². The summed E-state index contributed by atoms with van der Waals surface area (Å²) < 4.78 is 4.96. The Morgan fingerprint density at radius 2 is 2.17 bits per heavy atom. The lowest BCUT2D eigenvalue weighted by molar-refractivity contribution is -0.138. The molecule has 0 spiro atoms. The Kier molecular flexibility index (Phi) is 5.25. The summed E-state index contributed by atoms with van der Waals surface area (Å²) in [6.45, 7) is 1.63. The predicted octanol–water partition coefficient (Wildman–Crippen LogP) is -0.606. The number of aromatic nitrogens is 2. The number of carboxylic acids is 1. The minimum atomic E-state index is -1.05. The molecule has 0 aromatic carbocycles. The van der Waals surface area contributed by atoms with E-state index >= 15 is 0 Å². The molecule has 0 saturated carbocycles. The van der Waals surface area contributed by atoms with E-state index in [1.165, 1.54) is 4.90 Å². The molecule has 0 bridgehead atoms. The number of aryl methyl sites for hydroxylation is 1. The lowest BCUT2D eigenvalue weighted by Gasteiger charge is -2.15. The van der Waals surface area contributed by atoms with E-state index in [0.717, 1.165) is 6.42 Å². The van der Waals surface area contributed by atoms with Gasteiger partial charge >= 0.3 is 5.97 Å². The zero-order chi connectivity index (χ0) is 13.5. The third kappa shape index (κ3) is 4.91. The molecular weight excluding hydrogens is 240 g/mol. The summed E-state index contributed by atoms with van der Waals surface area (Å²) in [5.41, 5.74) is 5.04. The maximum Gasteiger partial charge on any atom is 0.317 e. The zero-order valence-corrected chi connectivity index (χ0v) is 10.1. The van der Waals surface area contributed by atoms with Crippen LogP contribution in [-0.2, 0) is 22.6 Å². The SMILES string of the molecule is CCCc1nc(CN(CC(N)=O)CC(=O)O)no1. The number of amides is 1. The summed E-state index contributed by atoms with van der Waals surface area (Å²) in [7, 11) is 0. The molecule has 18 heavy (non-hydrogen) atoms. The monoisotopic (exact) mass is 256 g/mol. The summed E-state index contributed by atoms with van der Waals surface area (Å²) in [4.78, 5) is 26.9. The average Bonchev–Trinajstić information content (AvgIpc) is 2.64. The van der Waals surface area contributed by atoms with E-state index in [1.807, 2.05) is 6.92 Å². The van der Waals surface area contributed by atoms with Gasteiger partial charge < -0.3 is 15.4 Å². The van der Waals surface area contributed by atoms with Gasteiger partial charge in [-0.3, -0.25) is 14.5 Å². The molecule has 1 heterocycles. The van der Waals surface area contributed by atoms with Gasteiger partial charge in [-0.25, -0.2) is 0 Å². The minimum absolute atomic E-state index is 0.114. The maximum absolute atomic E-state index is 10.8. The molecule has 0 aliphatic heterocycles. The van der Waals surface area contributed by atoms with Gasteiger partial charge in [0.15, 0.2) is 5.82 Å². The van der Waals surface area contributed by atoms with Gasteiger partial charge in [0.2, 0.25) is 11.8 Å². The first-order valence-electron chi connectivity index (χ1n) is 5.55. The van der Waals surface area contributed by atoms with Crippen LogP contribution in [0.25, 0.3) is 0 Å². The van der Waals surface area contributed by atoms with E-state index in [0.29, 0.717) is 18.1 Å². The lowest BCUT2D eigenvalue weighted by Crippen LogP contribution is -2.37. The number of hydrogen-bond acceptors (Lipinski definition) is 6. The van der Waals surface area contributed by atoms with Crippen LogP contribution in [0.3, 0.4) is 0 Å². The Hall–Kier alpha value is -1.96. The number of nitrogens with zero attached hydrogens (tertiary/aromatic N) is 3. The fraction of sp³-hybridized carbons (Fsp3) is 0.600. The molecule has 8 heteroatoms. The highest BCUT2D eigenvalue weighted by Gasteiger charge is 2.16. The first kappa shape index (κ1) is 14.1. The van der Waals surface area contributed by atoms with Crippen LogP contribution in [0.5, 0.6) is 0 Å². The molecule has 0 unspecified atom stereocenters. The topological polar surface area (TPSA) is 123 Å². The smallest absolute Gasteiger partial charge is 0.317 e. The Labute approximate surface area is 104 Å². The number of rotatable bonds is 8. The highest BCUT2D eigenvalue weighted by atomic mass is 16.5. The molecule has 0 saturated heterocycles. The third-order valence-corrected chi connectivity index (χ3v) is 2.08. The van der Waals surface area contributed by atoms with Crippen LogP contribution in [0, 0.1) is 0 Å². The second-order valence-corrected chi connectivity index (χ2v) is 3.86. The Morgan fingerprint density at radius 1 is 1.44 bits per heavy atom. The molecule has 1 aromatic rings. The Balaban J connectivity index is 2.62. The number of aliphatic carboxylic acids is 1. The van der Waals surface area contributed by atoms with Crippen molar-refractivity contribution >= 4 is 11.9 Å². The zero-order valence-electron chi connectivity index (χ0n) is 10.1. The Morgan fingerprint density at radius 3 is 2.72 bits per heavy atom. The van der Waals surface area contributed by atoms with Crippen molar-refractivity contribution in [3.63, 3.8) is 0 Å². The van der Waals surface area contributed by atoms with Gasteiger partial charge in [-0.05, 0) is 6.42 Å². The fourth-order valence-corrected chi connectivity index (χ4v) is 1.45. The summed E-state index contributed by atoms with van der Waals surface area (Å²) in [5, 5.41) is 12.4. The molecule has 100 valence electrons. The van der Waals surface area contributed by atoms with Crippen molar-refractivity contribution in [3.05, 3.63) is 11.7 Å². The molecule has 1 rings (SSSR count). The lowest BCUT2D eigenvalue weighted by atomic mass is 10.3. The Bertz CT molecular complexity index is 402. The molecule has 0 aliphatic carbocycles. The van der Waals surface area contributed by atoms with Crippen molar-refractivity contribution in [1.82, 2.24) is 15.0 Å². The van der Waals surface area contributed by atoms with E-state index in [4.69, 9.17) is 15.4 Å². The number of carbonyl (C=O) groups excluding carboxylic acids is 1. The molecule has 3 N–H and O–H groups in total. The van der Waals surface area contributed by atoms with Crippen LogP contribution in [0.15, 0.2) is 4.52 Å². The first-order chi connectivity index (χ1) is 8.51. The minimum Gasteiger partial charge on any atom is -0.480 e. The van der Waals surface area contributed by atoms with Crippen molar-refractivity contribution in [3.8, 4) is 0 Å². The quantitative estimate of drug-likeness (QED) is 0.636. The van der Waals surface area contributed by atoms with Crippen LogP contribution in [0.1, 0.15) is 25.1 Å². The van der Waals surface area contributed by atoms with Crippen LogP contribution in [-0.4, -0.2) is 45.1 Å². The van der Waals surface area contributed by atoms with Crippen molar-refractivity contribution in [1.29, 1.82) is 0 Å². The van der Waals surface area contributed by atoms with Crippen LogP contribution < -0.4 is 5.73 Å². The summed E-state index contributed by atoms with van der Waals surface area (Å²) in [6, 6.07) is 0. The van der Waals surface area contributed by atoms with Crippen LogP contribution in [0.2, 0.25) is 0 Å². The molecule has 8 nitrogen and oxygen atoms in total. The molecule has 0 atom stereocenters. The van der Waals surface area contributed by atoms with Gasteiger partial charge in [0, 0.05) is 6.42 Å².